The molecule has 0 bridgehead atoms. The van der Waals surface area contributed by atoms with Crippen molar-refractivity contribution in [2.75, 3.05) is 0 Å². The normalized spacial score (nSPS) is 13.3. The summed E-state index contributed by atoms with van der Waals surface area (Å²) in [7, 11) is 0. The van der Waals surface area contributed by atoms with E-state index in [0.29, 0.717) is 11.0 Å². The topological polar surface area (TPSA) is 30.2 Å². The third kappa shape index (κ3) is 6.96. The van der Waals surface area contributed by atoms with Crippen LogP contribution in [0.25, 0.3) is 66.2 Å². The van der Waals surface area contributed by atoms with Crippen molar-refractivity contribution in [3.63, 3.8) is 0 Å². The van der Waals surface area contributed by atoms with Gasteiger partial charge in [0.05, 0.1) is 5.39 Å². The van der Waals surface area contributed by atoms with Crippen LogP contribution in [-0.4, -0.2) is 0 Å². The maximum Gasteiger partial charge on any atom is 0.344 e. The Balaban J connectivity index is 0.907. The summed E-state index contributed by atoms with van der Waals surface area (Å²) in [6.45, 7) is 0. The molecule has 9 aromatic carbocycles. The Labute approximate surface area is 356 Å². The lowest BCUT2D eigenvalue weighted by Gasteiger charge is -2.29. The van der Waals surface area contributed by atoms with Gasteiger partial charge in [0.2, 0.25) is 0 Å². The Morgan fingerprint density at radius 2 is 1.03 bits per heavy atom. The van der Waals surface area contributed by atoms with Crippen molar-refractivity contribution in [2.45, 2.75) is 24.7 Å². The van der Waals surface area contributed by atoms with Gasteiger partial charge in [-0.25, -0.2) is 4.79 Å². The Morgan fingerprint density at radius 1 is 0.443 bits per heavy atom. The van der Waals surface area contributed by atoms with Gasteiger partial charge >= 0.3 is 5.63 Å². The monoisotopic (exact) mass is 782 g/mol. The smallest absolute Gasteiger partial charge is 0.344 e. The number of benzene rings is 9. The first-order chi connectivity index (χ1) is 30.1. The SMILES string of the molecule is O=c1oc2ccccc2c2ccc(C3Cc4ccc(-c5ccc(CC(c6cccc(-c7ccccc7)c6)c6cccc(-c7ccccc7)c6)cc5)cc4-c4ccccc43)cc12. The molecule has 10 aromatic rings. The van der Waals surface area contributed by atoms with E-state index in [1.54, 1.807) is 0 Å². The molecule has 2 nitrogen and oxygen atoms in total. The zero-order valence-electron chi connectivity index (χ0n) is 33.7. The van der Waals surface area contributed by atoms with E-state index < -0.39 is 0 Å². The Bertz CT molecular complexity index is 3190. The molecular formula is C59H42O2. The molecule has 1 aliphatic carbocycles. The molecule has 0 radical (unpaired) electrons. The molecule has 0 amide bonds. The first-order valence-electron chi connectivity index (χ1n) is 21.2. The molecule has 1 unspecified atom stereocenters. The van der Waals surface area contributed by atoms with E-state index in [9.17, 15) is 4.79 Å². The van der Waals surface area contributed by atoms with Gasteiger partial charge < -0.3 is 4.42 Å². The van der Waals surface area contributed by atoms with Crippen LogP contribution in [0.15, 0.2) is 228 Å². The minimum absolute atomic E-state index is 0.124. The number of hydrogen-bond acceptors (Lipinski definition) is 2. The summed E-state index contributed by atoms with van der Waals surface area (Å²) in [5.41, 5.74) is 17.8. The van der Waals surface area contributed by atoms with Crippen LogP contribution in [0.5, 0.6) is 0 Å². The van der Waals surface area contributed by atoms with E-state index >= 15 is 0 Å². The van der Waals surface area contributed by atoms with Crippen LogP contribution in [0.2, 0.25) is 0 Å². The fourth-order valence-electron chi connectivity index (χ4n) is 9.60. The highest BCUT2D eigenvalue weighted by molar-refractivity contribution is 6.04. The van der Waals surface area contributed by atoms with Gasteiger partial charge in [-0.15, -0.1) is 0 Å². The minimum Gasteiger partial charge on any atom is -0.422 e. The fraction of sp³-hybridized carbons (Fsp3) is 0.0678. The van der Waals surface area contributed by atoms with E-state index in [4.69, 9.17) is 4.42 Å². The largest absolute Gasteiger partial charge is 0.422 e. The van der Waals surface area contributed by atoms with Crippen molar-refractivity contribution in [1.82, 2.24) is 0 Å². The lowest BCUT2D eigenvalue weighted by Crippen LogP contribution is -2.13. The summed E-state index contributed by atoms with van der Waals surface area (Å²) in [6.07, 6.45) is 1.73. The maximum absolute atomic E-state index is 13.2. The van der Waals surface area contributed by atoms with Crippen LogP contribution in [-0.2, 0) is 12.8 Å². The average Bonchev–Trinajstić information content (AvgIpc) is 3.33. The molecular weight excluding hydrogens is 741 g/mol. The van der Waals surface area contributed by atoms with E-state index in [-0.39, 0.29) is 17.5 Å². The van der Waals surface area contributed by atoms with Gasteiger partial charge in [0.15, 0.2) is 0 Å². The molecule has 2 heteroatoms. The van der Waals surface area contributed by atoms with Crippen LogP contribution in [0.3, 0.4) is 0 Å². The molecule has 61 heavy (non-hydrogen) atoms. The second kappa shape index (κ2) is 15.6. The predicted octanol–water partition coefficient (Wildman–Crippen LogP) is 14.7. The highest BCUT2D eigenvalue weighted by Crippen LogP contribution is 2.45. The quantitative estimate of drug-likeness (QED) is 0.114. The molecule has 0 saturated carbocycles. The maximum atomic E-state index is 13.2. The van der Waals surface area contributed by atoms with E-state index in [2.05, 4.69) is 194 Å². The molecule has 1 heterocycles. The summed E-state index contributed by atoms with van der Waals surface area (Å²) < 4.78 is 5.75. The van der Waals surface area contributed by atoms with Crippen LogP contribution < -0.4 is 5.63 Å². The van der Waals surface area contributed by atoms with Crippen molar-refractivity contribution in [3.05, 3.63) is 262 Å². The van der Waals surface area contributed by atoms with Gasteiger partial charge in [0.25, 0.3) is 0 Å². The van der Waals surface area contributed by atoms with Crippen LogP contribution >= 0.6 is 0 Å². The first-order valence-corrected chi connectivity index (χ1v) is 21.2. The molecule has 0 spiro atoms. The average molecular weight is 783 g/mol. The summed E-state index contributed by atoms with van der Waals surface area (Å²) in [4.78, 5) is 13.2. The summed E-state index contributed by atoms with van der Waals surface area (Å²) in [5.74, 6) is 0.293. The number of rotatable bonds is 8. The summed E-state index contributed by atoms with van der Waals surface area (Å²) >= 11 is 0. The van der Waals surface area contributed by atoms with E-state index in [1.807, 2.05) is 24.3 Å². The predicted molar refractivity (Wildman–Crippen MR) is 252 cm³/mol. The minimum atomic E-state index is -0.291. The number of para-hydroxylation sites is 1. The van der Waals surface area contributed by atoms with Crippen molar-refractivity contribution in [3.8, 4) is 44.5 Å². The highest BCUT2D eigenvalue weighted by atomic mass is 16.4. The molecule has 1 aromatic heterocycles. The lowest BCUT2D eigenvalue weighted by atomic mass is 9.75. The van der Waals surface area contributed by atoms with Crippen LogP contribution in [0.4, 0.5) is 0 Å². The second-order valence-electron chi connectivity index (χ2n) is 16.3. The number of hydrogen-bond donors (Lipinski definition) is 0. The Morgan fingerprint density at radius 3 is 1.75 bits per heavy atom. The molecule has 0 saturated heterocycles. The third-order valence-corrected chi connectivity index (χ3v) is 12.7. The lowest BCUT2D eigenvalue weighted by molar-refractivity contribution is 0.569. The molecule has 1 aliphatic rings. The van der Waals surface area contributed by atoms with Crippen LogP contribution in [0.1, 0.15) is 45.2 Å². The molecule has 290 valence electrons. The second-order valence-corrected chi connectivity index (χ2v) is 16.3. The molecule has 0 aliphatic heterocycles. The molecule has 0 fully saturated rings. The van der Waals surface area contributed by atoms with Crippen LogP contribution in [0, 0.1) is 0 Å². The van der Waals surface area contributed by atoms with Gasteiger partial charge in [0, 0.05) is 17.2 Å². The highest BCUT2D eigenvalue weighted by Gasteiger charge is 2.27. The van der Waals surface area contributed by atoms with Gasteiger partial charge in [-0.05, 0) is 114 Å². The molecule has 0 N–H and O–H groups in total. The zero-order valence-corrected chi connectivity index (χ0v) is 33.7. The van der Waals surface area contributed by atoms with Gasteiger partial charge in [-0.1, -0.05) is 200 Å². The van der Waals surface area contributed by atoms with Gasteiger partial charge in [-0.3, -0.25) is 0 Å². The summed E-state index contributed by atoms with van der Waals surface area (Å²) in [5, 5.41) is 2.52. The van der Waals surface area contributed by atoms with Gasteiger partial charge in [0.1, 0.15) is 5.58 Å². The van der Waals surface area contributed by atoms with E-state index in [0.717, 1.165) is 29.2 Å². The zero-order chi connectivity index (χ0) is 40.7. The van der Waals surface area contributed by atoms with Crippen molar-refractivity contribution in [2.24, 2.45) is 0 Å². The van der Waals surface area contributed by atoms with Gasteiger partial charge in [-0.2, -0.15) is 0 Å². The first kappa shape index (κ1) is 36.5. The number of fused-ring (bicyclic) bond motifs is 6. The third-order valence-electron chi connectivity index (χ3n) is 12.7. The van der Waals surface area contributed by atoms with Crippen molar-refractivity contribution >= 4 is 21.7 Å². The Hall–Kier alpha value is -7.55. The van der Waals surface area contributed by atoms with Crippen molar-refractivity contribution < 1.29 is 4.42 Å². The molecule has 1 atom stereocenters. The molecule has 11 rings (SSSR count). The summed E-state index contributed by atoms with van der Waals surface area (Å²) in [6, 6.07) is 78.5. The standard InChI is InChI=1S/C59H42O2/c60-59-57-38-49(31-32-52(57)53-23-9-10-24-58(53)61-59)56-37-48-30-29-45(36-55(48)50-21-7-8-22-51(50)56)42-27-25-39(26-28-42)33-54(46-19-11-17-43(34-46)40-13-3-1-4-14-40)47-20-12-18-44(35-47)41-15-5-2-6-16-41/h1-32,34-36,38,54,56H,33,37H2. The van der Waals surface area contributed by atoms with E-state index in [1.165, 1.54) is 72.3 Å². The Kier molecular flexibility index (Phi) is 9.32. The van der Waals surface area contributed by atoms with Crippen molar-refractivity contribution in [1.29, 1.82) is 0 Å². The fourth-order valence-corrected chi connectivity index (χ4v) is 9.60.